The number of aliphatic hydroxyl groups excluding tert-OH is 1. The minimum absolute atomic E-state index is 0.421. The highest BCUT2D eigenvalue weighted by molar-refractivity contribution is 5.82. The number of para-hydroxylation sites is 1. The highest BCUT2D eigenvalue weighted by Crippen LogP contribution is 2.35. The summed E-state index contributed by atoms with van der Waals surface area (Å²) in [4.78, 5) is 0. The van der Waals surface area contributed by atoms with Gasteiger partial charge in [-0.05, 0) is 31.2 Å². The van der Waals surface area contributed by atoms with Gasteiger partial charge in [-0.15, -0.1) is 0 Å². The van der Waals surface area contributed by atoms with Crippen molar-refractivity contribution in [3.05, 3.63) is 47.2 Å². The van der Waals surface area contributed by atoms with Crippen molar-refractivity contribution >= 4 is 11.4 Å². The molecule has 0 radical (unpaired) electrons. The number of allylic oxidation sites excluding steroid dienone is 1. The van der Waals surface area contributed by atoms with Crippen LogP contribution in [0.2, 0.25) is 0 Å². The molecule has 1 aromatic rings. The van der Waals surface area contributed by atoms with E-state index in [0.29, 0.717) is 5.76 Å². The average molecular weight is 214 g/mol. The van der Waals surface area contributed by atoms with E-state index in [1.54, 1.807) is 0 Å². The summed E-state index contributed by atoms with van der Waals surface area (Å²) in [7, 11) is 0. The van der Waals surface area contributed by atoms with Crippen molar-refractivity contribution in [2.45, 2.75) is 6.42 Å². The molecular weight excluding hydrogens is 200 g/mol. The maximum Gasteiger partial charge on any atom is 0.130 e. The molecule has 1 aromatic carbocycles. The maximum atomic E-state index is 10.3. The van der Waals surface area contributed by atoms with Gasteiger partial charge in [0.2, 0.25) is 0 Å². The molecule has 3 N–H and O–H groups in total. The van der Waals surface area contributed by atoms with Crippen LogP contribution in [0.4, 0.5) is 5.69 Å². The Bertz CT molecular complexity index is 488. The fourth-order valence-corrected chi connectivity index (χ4v) is 2.23. The zero-order valence-electron chi connectivity index (χ0n) is 8.96. The first kappa shape index (κ1) is 9.48. The Balaban J connectivity index is 2.17. The van der Waals surface area contributed by atoms with Gasteiger partial charge in [0.25, 0.3) is 0 Å². The summed E-state index contributed by atoms with van der Waals surface area (Å²) in [6, 6.07) is 7.85. The van der Waals surface area contributed by atoms with Crippen molar-refractivity contribution in [2.75, 3.05) is 18.4 Å². The van der Waals surface area contributed by atoms with E-state index in [0.717, 1.165) is 42.0 Å². The van der Waals surface area contributed by atoms with E-state index in [1.165, 1.54) is 0 Å². The van der Waals surface area contributed by atoms with Crippen LogP contribution in [0.3, 0.4) is 0 Å². The van der Waals surface area contributed by atoms with Gasteiger partial charge in [0.1, 0.15) is 5.76 Å². The topological polar surface area (TPSA) is 44.3 Å². The van der Waals surface area contributed by atoms with Crippen LogP contribution >= 0.6 is 0 Å². The lowest BCUT2D eigenvalue weighted by molar-refractivity contribution is 0.503. The minimum Gasteiger partial charge on any atom is -0.507 e. The largest absolute Gasteiger partial charge is 0.507 e. The summed E-state index contributed by atoms with van der Waals surface area (Å²) in [6.07, 6.45) is 2.95. The lowest BCUT2D eigenvalue weighted by Crippen LogP contribution is -2.14. The molecule has 2 aliphatic rings. The van der Waals surface area contributed by atoms with Crippen LogP contribution in [0.5, 0.6) is 0 Å². The first-order chi connectivity index (χ1) is 7.86. The number of aliphatic hydroxyl groups is 1. The second-order valence-electron chi connectivity index (χ2n) is 4.07. The Morgan fingerprint density at radius 3 is 3.00 bits per heavy atom. The van der Waals surface area contributed by atoms with E-state index in [1.807, 2.05) is 24.3 Å². The molecule has 16 heavy (non-hydrogen) atoms. The summed E-state index contributed by atoms with van der Waals surface area (Å²) in [5.74, 6) is 0.421. The van der Waals surface area contributed by atoms with Crippen LogP contribution in [0.15, 0.2) is 41.6 Å². The molecule has 2 heterocycles. The second kappa shape index (κ2) is 3.68. The Labute approximate surface area is 94.5 Å². The molecule has 0 spiro atoms. The Kier molecular flexibility index (Phi) is 2.18. The molecular formula is C13H14N2O. The Hall–Kier alpha value is -1.74. The zero-order chi connectivity index (χ0) is 11.0. The molecule has 3 nitrogen and oxygen atoms in total. The number of hydrogen-bond donors (Lipinski definition) is 3. The van der Waals surface area contributed by atoms with Crippen molar-refractivity contribution in [3.8, 4) is 0 Å². The van der Waals surface area contributed by atoms with Crippen LogP contribution in [0.25, 0.3) is 5.76 Å². The normalized spacial score (nSPS) is 19.1. The molecule has 0 aliphatic carbocycles. The third-order valence-corrected chi connectivity index (χ3v) is 3.06. The van der Waals surface area contributed by atoms with Crippen LogP contribution in [-0.4, -0.2) is 18.2 Å². The predicted molar refractivity (Wildman–Crippen MR) is 65.2 cm³/mol. The van der Waals surface area contributed by atoms with E-state index >= 15 is 0 Å². The number of nitrogens with one attached hydrogen (secondary N) is 2. The molecule has 2 aliphatic heterocycles. The SMILES string of the molecule is OC1=C2CCNCC=C2Nc2ccccc21. The molecule has 0 saturated heterocycles. The molecule has 0 atom stereocenters. The quantitative estimate of drug-likeness (QED) is 0.620. The Morgan fingerprint density at radius 1 is 1.19 bits per heavy atom. The smallest absolute Gasteiger partial charge is 0.130 e. The summed E-state index contributed by atoms with van der Waals surface area (Å²) in [5, 5.41) is 16.9. The number of anilines is 1. The molecule has 0 bridgehead atoms. The van der Waals surface area contributed by atoms with Gasteiger partial charge >= 0.3 is 0 Å². The maximum absolute atomic E-state index is 10.3. The van der Waals surface area contributed by atoms with Crippen molar-refractivity contribution < 1.29 is 5.11 Å². The summed E-state index contributed by atoms with van der Waals surface area (Å²) < 4.78 is 0. The van der Waals surface area contributed by atoms with Crippen molar-refractivity contribution in [1.82, 2.24) is 5.32 Å². The van der Waals surface area contributed by atoms with E-state index in [-0.39, 0.29) is 0 Å². The highest BCUT2D eigenvalue weighted by Gasteiger charge is 2.22. The van der Waals surface area contributed by atoms with Crippen molar-refractivity contribution in [1.29, 1.82) is 0 Å². The van der Waals surface area contributed by atoms with Gasteiger partial charge in [-0.3, -0.25) is 0 Å². The molecule has 0 fully saturated rings. The lowest BCUT2D eigenvalue weighted by atomic mass is 9.97. The predicted octanol–water partition coefficient (Wildman–Crippen LogP) is 2.26. The minimum atomic E-state index is 0.421. The summed E-state index contributed by atoms with van der Waals surface area (Å²) in [5.41, 5.74) is 3.94. The average Bonchev–Trinajstić information content (AvgIpc) is 2.55. The molecule has 0 saturated carbocycles. The van der Waals surface area contributed by atoms with Gasteiger partial charge < -0.3 is 15.7 Å². The van der Waals surface area contributed by atoms with Crippen LogP contribution in [-0.2, 0) is 0 Å². The van der Waals surface area contributed by atoms with E-state index in [4.69, 9.17) is 0 Å². The third kappa shape index (κ3) is 1.41. The standard InChI is InChI=1S/C13H14N2O/c16-13-9-3-1-2-4-11(9)15-12-6-8-14-7-5-10(12)13/h1-4,6,14-16H,5,7-8H2. The number of rotatable bonds is 0. The zero-order valence-corrected chi connectivity index (χ0v) is 8.96. The van der Waals surface area contributed by atoms with Gasteiger partial charge in [0.05, 0.1) is 0 Å². The first-order valence-corrected chi connectivity index (χ1v) is 5.56. The fourth-order valence-electron chi connectivity index (χ4n) is 2.23. The van der Waals surface area contributed by atoms with Crippen molar-refractivity contribution in [3.63, 3.8) is 0 Å². The van der Waals surface area contributed by atoms with Crippen molar-refractivity contribution in [2.24, 2.45) is 0 Å². The fraction of sp³-hybridized carbons (Fsp3) is 0.231. The molecule has 82 valence electrons. The van der Waals surface area contributed by atoms with E-state index in [9.17, 15) is 5.11 Å². The number of benzene rings is 1. The van der Waals surface area contributed by atoms with Crippen LogP contribution in [0.1, 0.15) is 12.0 Å². The summed E-state index contributed by atoms with van der Waals surface area (Å²) in [6.45, 7) is 1.75. The van der Waals surface area contributed by atoms with Crippen LogP contribution < -0.4 is 10.6 Å². The molecule has 0 aromatic heterocycles. The monoisotopic (exact) mass is 214 g/mol. The third-order valence-electron chi connectivity index (χ3n) is 3.06. The van der Waals surface area contributed by atoms with Gasteiger partial charge in [0.15, 0.2) is 0 Å². The van der Waals surface area contributed by atoms with E-state index in [2.05, 4.69) is 16.7 Å². The molecule has 3 heteroatoms. The second-order valence-corrected chi connectivity index (χ2v) is 4.07. The Morgan fingerprint density at radius 2 is 2.06 bits per heavy atom. The van der Waals surface area contributed by atoms with E-state index < -0.39 is 0 Å². The molecule has 0 amide bonds. The number of hydrogen-bond acceptors (Lipinski definition) is 3. The first-order valence-electron chi connectivity index (χ1n) is 5.56. The lowest BCUT2D eigenvalue weighted by Gasteiger charge is -2.23. The van der Waals surface area contributed by atoms with Gasteiger partial charge in [-0.2, -0.15) is 0 Å². The summed E-state index contributed by atoms with van der Waals surface area (Å²) >= 11 is 0. The molecule has 3 rings (SSSR count). The van der Waals surface area contributed by atoms with Gasteiger partial charge in [-0.25, -0.2) is 0 Å². The van der Waals surface area contributed by atoms with Gasteiger partial charge in [0, 0.05) is 29.1 Å². The van der Waals surface area contributed by atoms with Gasteiger partial charge in [-0.1, -0.05) is 12.1 Å². The molecule has 0 unspecified atom stereocenters. The van der Waals surface area contributed by atoms with Crippen LogP contribution in [0, 0.1) is 0 Å². The highest BCUT2D eigenvalue weighted by atomic mass is 16.3. The number of fused-ring (bicyclic) bond motifs is 2.